The van der Waals surface area contributed by atoms with Crippen LogP contribution < -0.4 is 5.32 Å². The van der Waals surface area contributed by atoms with Gasteiger partial charge in [-0.25, -0.2) is 8.42 Å². The Morgan fingerprint density at radius 3 is 2.61 bits per heavy atom. The Kier molecular flexibility index (Phi) is 5.99. The maximum absolute atomic E-state index is 12.3. The van der Waals surface area contributed by atoms with Gasteiger partial charge in [0.05, 0.1) is 5.75 Å². The summed E-state index contributed by atoms with van der Waals surface area (Å²) in [6.45, 7) is 1.89. The molecule has 1 saturated heterocycles. The van der Waals surface area contributed by atoms with Crippen molar-refractivity contribution in [2.75, 3.05) is 17.6 Å². The van der Waals surface area contributed by atoms with E-state index in [4.69, 9.17) is 0 Å². The van der Waals surface area contributed by atoms with Crippen molar-refractivity contribution < 1.29 is 22.0 Å². The molecule has 0 spiro atoms. The molecule has 0 radical (unpaired) electrons. The zero-order valence-corrected chi connectivity index (χ0v) is 14.2. The number of alkyl halides is 2. The Morgan fingerprint density at radius 2 is 2.04 bits per heavy atom. The van der Waals surface area contributed by atoms with Crippen LogP contribution >= 0.6 is 11.8 Å². The predicted molar refractivity (Wildman–Crippen MR) is 86.1 cm³/mol. The highest BCUT2D eigenvalue weighted by Crippen LogP contribution is 2.27. The number of nitrogens with one attached hydrogen (secondary N) is 1. The van der Waals surface area contributed by atoms with Gasteiger partial charge in [0.15, 0.2) is 0 Å². The van der Waals surface area contributed by atoms with Gasteiger partial charge in [0.25, 0.3) is 5.76 Å². The van der Waals surface area contributed by atoms with E-state index in [-0.39, 0.29) is 5.75 Å². The van der Waals surface area contributed by atoms with Crippen molar-refractivity contribution in [2.45, 2.75) is 36.5 Å². The first-order valence-electron chi connectivity index (χ1n) is 7.18. The minimum atomic E-state index is -3.42. The highest BCUT2D eigenvalue weighted by molar-refractivity contribution is 7.99. The molecular formula is C14H18F2N2O3S2. The van der Waals surface area contributed by atoms with E-state index in [0.717, 1.165) is 0 Å². The number of sulfonamides is 1. The molecule has 0 saturated carbocycles. The summed E-state index contributed by atoms with van der Waals surface area (Å²) in [5.74, 6) is -2.94. The van der Waals surface area contributed by atoms with Crippen LogP contribution in [0.1, 0.15) is 19.8 Å². The Hall–Kier alpha value is -1.19. The topological polar surface area (TPSA) is 66.5 Å². The van der Waals surface area contributed by atoms with Crippen molar-refractivity contribution in [1.29, 1.82) is 0 Å². The summed E-state index contributed by atoms with van der Waals surface area (Å²) in [6.07, 6.45) is 1.12. The van der Waals surface area contributed by atoms with Crippen molar-refractivity contribution in [3.8, 4) is 0 Å². The Morgan fingerprint density at radius 1 is 1.39 bits per heavy atom. The molecule has 1 aliphatic heterocycles. The predicted octanol–water partition coefficient (Wildman–Crippen LogP) is 2.75. The molecule has 128 valence electrons. The summed E-state index contributed by atoms with van der Waals surface area (Å²) in [5.41, 5.74) is 0.453. The lowest BCUT2D eigenvalue weighted by Crippen LogP contribution is -2.43. The number of carbonyl (C=O) groups excluding carboxylic acids is 1. The van der Waals surface area contributed by atoms with Gasteiger partial charge < -0.3 is 5.32 Å². The van der Waals surface area contributed by atoms with E-state index < -0.39 is 27.7 Å². The number of amides is 1. The number of rotatable bonds is 6. The van der Waals surface area contributed by atoms with Crippen molar-refractivity contribution >= 4 is 33.4 Å². The smallest absolute Gasteiger partial charge is 0.288 e. The van der Waals surface area contributed by atoms with E-state index in [0.29, 0.717) is 41.7 Å². The molecule has 1 aliphatic rings. The molecule has 1 atom stereocenters. The lowest BCUT2D eigenvalue weighted by molar-refractivity contribution is -0.119. The molecule has 5 nitrogen and oxygen atoms in total. The van der Waals surface area contributed by atoms with E-state index in [1.165, 1.54) is 28.6 Å². The van der Waals surface area contributed by atoms with Gasteiger partial charge in [-0.2, -0.15) is 13.1 Å². The van der Waals surface area contributed by atoms with Crippen molar-refractivity contribution in [2.24, 2.45) is 0 Å². The van der Waals surface area contributed by atoms with E-state index in [1.54, 1.807) is 6.92 Å². The highest BCUT2D eigenvalue weighted by atomic mass is 32.2. The first kappa shape index (κ1) is 18.2. The Bertz CT molecular complexity index is 650. The summed E-state index contributed by atoms with van der Waals surface area (Å²) < 4.78 is 49.7. The second kappa shape index (κ2) is 7.59. The third-order valence-electron chi connectivity index (χ3n) is 3.58. The molecule has 1 amide bonds. The van der Waals surface area contributed by atoms with Crippen LogP contribution in [-0.4, -0.2) is 42.7 Å². The number of nitrogens with zero attached hydrogens (tertiary/aromatic N) is 1. The van der Waals surface area contributed by atoms with Gasteiger partial charge in [-0.3, -0.25) is 4.79 Å². The molecule has 23 heavy (non-hydrogen) atoms. The van der Waals surface area contributed by atoms with Crippen LogP contribution in [0, 0.1) is 0 Å². The number of hydrogen-bond donors (Lipinski definition) is 1. The number of halogens is 2. The third kappa shape index (κ3) is 4.65. The van der Waals surface area contributed by atoms with E-state index in [2.05, 4.69) is 5.32 Å². The molecule has 1 unspecified atom stereocenters. The maximum Gasteiger partial charge on any atom is 0.288 e. The van der Waals surface area contributed by atoms with Crippen LogP contribution in [0.4, 0.5) is 14.5 Å². The SMILES string of the molecule is CCS(=O)(=O)N1CCCC1C(=O)Nc1ccc(SC(F)F)cc1. The Labute approximate surface area is 138 Å². The van der Waals surface area contributed by atoms with Crippen LogP contribution in [-0.2, 0) is 14.8 Å². The van der Waals surface area contributed by atoms with Gasteiger partial charge in [-0.1, -0.05) is 11.8 Å². The first-order valence-corrected chi connectivity index (χ1v) is 9.67. The molecule has 0 bridgehead atoms. The maximum atomic E-state index is 12.3. The largest absolute Gasteiger partial charge is 0.325 e. The van der Waals surface area contributed by atoms with Gasteiger partial charge in [0.1, 0.15) is 6.04 Å². The number of thioether (sulfide) groups is 1. The second-order valence-electron chi connectivity index (χ2n) is 5.06. The molecule has 1 aromatic carbocycles. The molecule has 2 rings (SSSR count). The highest BCUT2D eigenvalue weighted by Gasteiger charge is 2.37. The summed E-state index contributed by atoms with van der Waals surface area (Å²) in [7, 11) is -3.42. The average molecular weight is 364 g/mol. The fourth-order valence-corrected chi connectivity index (χ4v) is 4.27. The van der Waals surface area contributed by atoms with Crippen LogP contribution in [0.15, 0.2) is 29.2 Å². The van der Waals surface area contributed by atoms with Gasteiger partial charge in [0.2, 0.25) is 15.9 Å². The van der Waals surface area contributed by atoms with Crippen LogP contribution in [0.25, 0.3) is 0 Å². The zero-order chi connectivity index (χ0) is 17.0. The quantitative estimate of drug-likeness (QED) is 0.788. The number of anilines is 1. The first-order chi connectivity index (χ1) is 10.8. The average Bonchev–Trinajstić information content (AvgIpc) is 2.99. The van der Waals surface area contributed by atoms with Crippen molar-refractivity contribution in [3.05, 3.63) is 24.3 Å². The molecule has 1 N–H and O–H groups in total. The monoisotopic (exact) mass is 364 g/mol. The lowest BCUT2D eigenvalue weighted by atomic mass is 10.2. The summed E-state index contributed by atoms with van der Waals surface area (Å²) in [6, 6.07) is 5.31. The van der Waals surface area contributed by atoms with E-state index in [1.807, 2.05) is 0 Å². The van der Waals surface area contributed by atoms with Crippen LogP contribution in [0.5, 0.6) is 0 Å². The fourth-order valence-electron chi connectivity index (χ4n) is 2.45. The second-order valence-corrected chi connectivity index (χ2v) is 8.34. The van der Waals surface area contributed by atoms with Gasteiger partial charge >= 0.3 is 0 Å². The standard InChI is InChI=1S/C14H18F2N2O3S2/c1-2-23(20,21)18-9-3-4-12(18)13(19)17-10-5-7-11(8-6-10)22-14(15)16/h5-8,12,14H,2-4,9H2,1H3,(H,17,19). The third-order valence-corrected chi connectivity index (χ3v) is 6.18. The Balaban J connectivity index is 2.04. The molecule has 1 heterocycles. The summed E-state index contributed by atoms with van der Waals surface area (Å²) in [4.78, 5) is 12.7. The fraction of sp³-hybridized carbons (Fsp3) is 0.500. The normalized spacial score (nSPS) is 19.2. The number of hydrogen-bond acceptors (Lipinski definition) is 4. The summed E-state index contributed by atoms with van der Waals surface area (Å²) in [5, 5.41) is 2.65. The van der Waals surface area contributed by atoms with E-state index >= 15 is 0 Å². The zero-order valence-electron chi connectivity index (χ0n) is 12.5. The molecule has 1 aromatic rings. The van der Waals surface area contributed by atoms with Crippen LogP contribution in [0.3, 0.4) is 0 Å². The molecule has 9 heteroatoms. The van der Waals surface area contributed by atoms with Gasteiger partial charge in [-0.15, -0.1) is 0 Å². The number of benzene rings is 1. The molecule has 0 aromatic heterocycles. The summed E-state index contributed by atoms with van der Waals surface area (Å²) >= 11 is 0.424. The molecular weight excluding hydrogens is 346 g/mol. The lowest BCUT2D eigenvalue weighted by Gasteiger charge is -2.22. The van der Waals surface area contributed by atoms with Crippen LogP contribution in [0.2, 0.25) is 0 Å². The van der Waals surface area contributed by atoms with Gasteiger partial charge in [-0.05, 0) is 44.0 Å². The number of carbonyl (C=O) groups is 1. The minimum absolute atomic E-state index is 0.0453. The van der Waals surface area contributed by atoms with E-state index in [9.17, 15) is 22.0 Å². The van der Waals surface area contributed by atoms with Gasteiger partial charge in [0, 0.05) is 17.1 Å². The molecule has 0 aliphatic carbocycles. The molecule has 1 fully saturated rings. The van der Waals surface area contributed by atoms with Crippen molar-refractivity contribution in [3.63, 3.8) is 0 Å². The minimum Gasteiger partial charge on any atom is -0.325 e. The van der Waals surface area contributed by atoms with Crippen molar-refractivity contribution in [1.82, 2.24) is 4.31 Å².